The second kappa shape index (κ2) is 6.90. The number of para-hydroxylation sites is 2. The molecule has 2 aromatic rings. The van der Waals surface area contributed by atoms with Crippen molar-refractivity contribution in [2.75, 3.05) is 13.4 Å². The smallest absolute Gasteiger partial charge is 0.175 e. The summed E-state index contributed by atoms with van der Waals surface area (Å²) in [6.07, 6.45) is 1.91. The van der Waals surface area contributed by atoms with Gasteiger partial charge in [-0.1, -0.05) is 23.4 Å². The van der Waals surface area contributed by atoms with Crippen molar-refractivity contribution in [1.29, 1.82) is 0 Å². The molecule has 0 bridgehead atoms. The first-order chi connectivity index (χ1) is 10.2. The molecule has 2 aromatic carbocycles. The fourth-order valence-corrected chi connectivity index (χ4v) is 2.51. The van der Waals surface area contributed by atoms with Gasteiger partial charge in [0.05, 0.1) is 12.7 Å². The highest BCUT2D eigenvalue weighted by Gasteiger charge is 2.15. The summed E-state index contributed by atoms with van der Waals surface area (Å²) in [5.74, 6) is 1.68. The molecule has 0 aliphatic heterocycles. The van der Waals surface area contributed by atoms with Gasteiger partial charge in [-0.15, -0.1) is 11.8 Å². The average Bonchev–Trinajstić information content (AvgIpc) is 2.54. The molecule has 0 spiro atoms. The third kappa shape index (κ3) is 3.22. The van der Waals surface area contributed by atoms with Crippen LogP contribution in [0.3, 0.4) is 0 Å². The number of thioether (sulfide) groups is 1. The molecule has 3 N–H and O–H groups in total. The number of rotatable bonds is 5. The maximum Gasteiger partial charge on any atom is 0.175 e. The van der Waals surface area contributed by atoms with Gasteiger partial charge in [-0.2, -0.15) is 0 Å². The minimum absolute atomic E-state index is 0.00449. The van der Waals surface area contributed by atoms with Crippen molar-refractivity contribution in [3.8, 4) is 17.2 Å². The van der Waals surface area contributed by atoms with Crippen molar-refractivity contribution in [3.63, 3.8) is 0 Å². The van der Waals surface area contributed by atoms with Gasteiger partial charge in [0.2, 0.25) is 0 Å². The molecule has 110 valence electrons. The van der Waals surface area contributed by atoms with E-state index in [1.807, 2.05) is 30.5 Å². The Bertz CT molecular complexity index is 659. The highest BCUT2D eigenvalue weighted by Crippen LogP contribution is 2.35. The summed E-state index contributed by atoms with van der Waals surface area (Å²) in [7, 11) is 1.57. The van der Waals surface area contributed by atoms with Crippen molar-refractivity contribution in [1.82, 2.24) is 0 Å². The number of methoxy groups -OCH3 is 1. The van der Waals surface area contributed by atoms with Crippen LogP contribution in [0.2, 0.25) is 0 Å². The Hall–Kier alpha value is -2.34. The lowest BCUT2D eigenvalue weighted by Gasteiger charge is -2.15. The van der Waals surface area contributed by atoms with E-state index in [-0.39, 0.29) is 5.84 Å². The summed E-state index contributed by atoms with van der Waals surface area (Å²) in [5.41, 5.74) is 6.33. The second-order valence-electron chi connectivity index (χ2n) is 4.07. The Balaban J connectivity index is 2.49. The predicted molar refractivity (Wildman–Crippen MR) is 83.8 cm³/mol. The number of oxime groups is 1. The zero-order valence-corrected chi connectivity index (χ0v) is 12.6. The van der Waals surface area contributed by atoms with E-state index < -0.39 is 0 Å². The van der Waals surface area contributed by atoms with Crippen molar-refractivity contribution < 1.29 is 14.7 Å². The molecule has 0 fully saturated rings. The second-order valence-corrected chi connectivity index (χ2v) is 4.92. The topological polar surface area (TPSA) is 77.1 Å². The Morgan fingerprint density at radius 3 is 2.38 bits per heavy atom. The third-order valence-electron chi connectivity index (χ3n) is 2.86. The Kier molecular flexibility index (Phi) is 4.94. The van der Waals surface area contributed by atoms with Gasteiger partial charge in [-0.05, 0) is 30.5 Å². The average molecular weight is 304 g/mol. The van der Waals surface area contributed by atoms with Crippen LogP contribution < -0.4 is 15.2 Å². The molecule has 2 rings (SSSR count). The fraction of sp³-hybridized carbons (Fsp3) is 0.133. The molecule has 0 aliphatic rings. The predicted octanol–water partition coefficient (Wildman–Crippen LogP) is 3.30. The molecule has 5 nitrogen and oxygen atoms in total. The number of hydrogen-bond acceptors (Lipinski definition) is 5. The molecule has 0 heterocycles. The van der Waals surface area contributed by atoms with Crippen molar-refractivity contribution >= 4 is 17.6 Å². The summed E-state index contributed by atoms with van der Waals surface area (Å²) < 4.78 is 11.1. The summed E-state index contributed by atoms with van der Waals surface area (Å²) in [6, 6.07) is 12.8. The zero-order valence-electron chi connectivity index (χ0n) is 11.7. The maximum atomic E-state index is 8.97. The molecule has 6 heteroatoms. The van der Waals surface area contributed by atoms with E-state index in [1.165, 1.54) is 11.8 Å². The molecule has 0 atom stereocenters. The Morgan fingerprint density at radius 1 is 1.10 bits per heavy atom. The van der Waals surface area contributed by atoms with Gasteiger partial charge in [0.15, 0.2) is 17.3 Å². The highest BCUT2D eigenvalue weighted by atomic mass is 32.2. The van der Waals surface area contributed by atoms with Crippen LogP contribution >= 0.6 is 11.8 Å². The standard InChI is InChI=1S/C15H16N2O3S/c1-19-10-6-3-4-7-11(10)20-12-8-5-9-13(21-2)14(12)15(16)17-18/h3-9,18H,1-2H3,(H2,16,17). The van der Waals surface area contributed by atoms with E-state index in [0.29, 0.717) is 22.8 Å². The van der Waals surface area contributed by atoms with Gasteiger partial charge in [-0.25, -0.2) is 0 Å². The molecule has 0 saturated heterocycles. The van der Waals surface area contributed by atoms with Crippen molar-refractivity contribution in [3.05, 3.63) is 48.0 Å². The number of ether oxygens (including phenoxy) is 2. The number of hydrogen-bond donors (Lipinski definition) is 2. The number of nitrogens with zero attached hydrogens (tertiary/aromatic N) is 1. The van der Waals surface area contributed by atoms with Crippen LogP contribution in [0.5, 0.6) is 17.2 Å². The van der Waals surface area contributed by atoms with Crippen molar-refractivity contribution in [2.24, 2.45) is 10.9 Å². The van der Waals surface area contributed by atoms with Crippen molar-refractivity contribution in [2.45, 2.75) is 4.90 Å². The molecular formula is C15H16N2O3S. The van der Waals surface area contributed by atoms with Crippen LogP contribution in [0.25, 0.3) is 0 Å². The lowest BCUT2D eigenvalue weighted by molar-refractivity contribution is 0.318. The van der Waals surface area contributed by atoms with Crippen LogP contribution in [-0.4, -0.2) is 24.4 Å². The molecule has 0 unspecified atom stereocenters. The van der Waals surface area contributed by atoms with Crippen LogP contribution in [0.15, 0.2) is 52.5 Å². The lowest BCUT2D eigenvalue weighted by Crippen LogP contribution is -2.15. The quantitative estimate of drug-likeness (QED) is 0.291. The first kappa shape index (κ1) is 15.1. The molecule has 0 radical (unpaired) electrons. The van der Waals surface area contributed by atoms with Crippen LogP contribution in [0.4, 0.5) is 0 Å². The van der Waals surface area contributed by atoms with Gasteiger partial charge in [0.1, 0.15) is 5.75 Å². The molecule has 0 aliphatic carbocycles. The van der Waals surface area contributed by atoms with Crippen LogP contribution in [0, 0.1) is 0 Å². The molecule has 0 aromatic heterocycles. The lowest BCUT2D eigenvalue weighted by atomic mass is 10.2. The Morgan fingerprint density at radius 2 is 1.76 bits per heavy atom. The summed E-state index contributed by atoms with van der Waals surface area (Å²) in [4.78, 5) is 0.859. The number of amidine groups is 1. The minimum Gasteiger partial charge on any atom is -0.493 e. The van der Waals surface area contributed by atoms with Crippen LogP contribution in [0.1, 0.15) is 5.56 Å². The van der Waals surface area contributed by atoms with Gasteiger partial charge in [-0.3, -0.25) is 0 Å². The normalized spacial score (nSPS) is 11.2. The van der Waals surface area contributed by atoms with Gasteiger partial charge < -0.3 is 20.4 Å². The number of benzene rings is 2. The van der Waals surface area contributed by atoms with E-state index in [9.17, 15) is 0 Å². The first-order valence-corrected chi connectivity index (χ1v) is 7.39. The van der Waals surface area contributed by atoms with E-state index in [0.717, 1.165) is 4.90 Å². The first-order valence-electron chi connectivity index (χ1n) is 6.17. The van der Waals surface area contributed by atoms with E-state index in [2.05, 4.69) is 5.16 Å². The third-order valence-corrected chi connectivity index (χ3v) is 3.64. The SMILES string of the molecule is COc1ccccc1Oc1cccc(SC)c1/C(N)=N/O. The summed E-state index contributed by atoms with van der Waals surface area (Å²) in [6.45, 7) is 0. The van der Waals surface area contributed by atoms with E-state index in [4.69, 9.17) is 20.4 Å². The molecular weight excluding hydrogens is 288 g/mol. The Labute approximate surface area is 127 Å². The molecule has 0 amide bonds. The monoisotopic (exact) mass is 304 g/mol. The number of nitrogens with two attached hydrogens (primary N) is 1. The summed E-state index contributed by atoms with van der Waals surface area (Å²) >= 11 is 1.49. The highest BCUT2D eigenvalue weighted by molar-refractivity contribution is 7.98. The summed E-state index contributed by atoms with van der Waals surface area (Å²) in [5, 5.41) is 12.1. The molecule has 21 heavy (non-hydrogen) atoms. The maximum absolute atomic E-state index is 8.97. The van der Waals surface area contributed by atoms with Crippen LogP contribution in [-0.2, 0) is 0 Å². The molecule has 0 saturated carbocycles. The van der Waals surface area contributed by atoms with Gasteiger partial charge in [0.25, 0.3) is 0 Å². The van der Waals surface area contributed by atoms with E-state index in [1.54, 1.807) is 25.3 Å². The van der Waals surface area contributed by atoms with Gasteiger partial charge >= 0.3 is 0 Å². The largest absolute Gasteiger partial charge is 0.493 e. The van der Waals surface area contributed by atoms with E-state index >= 15 is 0 Å². The minimum atomic E-state index is 0.00449. The fourth-order valence-electron chi connectivity index (χ4n) is 1.89. The van der Waals surface area contributed by atoms with Gasteiger partial charge in [0, 0.05) is 4.90 Å². The zero-order chi connectivity index (χ0) is 15.2.